The summed E-state index contributed by atoms with van der Waals surface area (Å²) in [6.07, 6.45) is 5.75. The zero-order valence-corrected chi connectivity index (χ0v) is 12.8. The minimum Gasteiger partial charge on any atom is -0.497 e. The van der Waals surface area contributed by atoms with Crippen molar-refractivity contribution >= 4 is 16.6 Å². The number of fused-ring (bicyclic) bond motifs is 1. The molecule has 1 atom stereocenters. The monoisotopic (exact) mass is 285 g/mol. The zero-order chi connectivity index (χ0) is 14.7. The van der Waals surface area contributed by atoms with E-state index in [1.54, 1.807) is 7.11 Å². The summed E-state index contributed by atoms with van der Waals surface area (Å²) in [5.74, 6) is 1.93. The van der Waals surface area contributed by atoms with Gasteiger partial charge < -0.3 is 15.0 Å². The fourth-order valence-electron chi connectivity index (χ4n) is 3.07. The molecule has 0 radical (unpaired) electrons. The molecule has 0 saturated carbocycles. The lowest BCUT2D eigenvalue weighted by Crippen LogP contribution is -2.42. The Morgan fingerprint density at radius 1 is 1.33 bits per heavy atom. The first kappa shape index (κ1) is 14.1. The second kappa shape index (κ2) is 6.31. The lowest BCUT2D eigenvalue weighted by molar-refractivity contribution is 0.403. The van der Waals surface area contributed by atoms with Gasteiger partial charge in [0.2, 0.25) is 0 Å². The molecule has 1 fully saturated rings. The molecule has 0 aliphatic carbocycles. The maximum Gasteiger partial charge on any atom is 0.136 e. The van der Waals surface area contributed by atoms with E-state index in [1.807, 2.05) is 18.3 Å². The molecular formula is C17H23N3O. The SMILES string of the molecule is COc1ccc2c(N(C)CC3CCCCN3)nccc2c1. The minimum atomic E-state index is 0.569. The molecule has 1 aliphatic heterocycles. The van der Waals surface area contributed by atoms with Crippen LogP contribution in [0.3, 0.4) is 0 Å². The summed E-state index contributed by atoms with van der Waals surface area (Å²) in [5.41, 5.74) is 0. The molecule has 0 bridgehead atoms. The Kier molecular flexibility index (Phi) is 4.25. The van der Waals surface area contributed by atoms with Crippen molar-refractivity contribution in [2.24, 2.45) is 0 Å². The van der Waals surface area contributed by atoms with E-state index in [1.165, 1.54) is 30.0 Å². The van der Waals surface area contributed by atoms with Crippen LogP contribution in [0, 0.1) is 0 Å². The average Bonchev–Trinajstić information content (AvgIpc) is 2.54. The first-order chi connectivity index (χ1) is 10.3. The molecule has 112 valence electrons. The Morgan fingerprint density at radius 3 is 3.00 bits per heavy atom. The maximum atomic E-state index is 5.30. The molecule has 2 aromatic rings. The van der Waals surface area contributed by atoms with Crippen molar-refractivity contribution in [2.75, 3.05) is 32.1 Å². The summed E-state index contributed by atoms with van der Waals surface area (Å²) in [5, 5.41) is 5.94. The number of likely N-dealkylation sites (N-methyl/N-ethyl adjacent to an activating group) is 1. The molecule has 0 amide bonds. The van der Waals surface area contributed by atoms with E-state index in [-0.39, 0.29) is 0 Å². The molecule has 1 unspecified atom stereocenters. The van der Waals surface area contributed by atoms with Crippen LogP contribution < -0.4 is 15.0 Å². The average molecular weight is 285 g/mol. The smallest absolute Gasteiger partial charge is 0.136 e. The summed E-state index contributed by atoms with van der Waals surface area (Å²) < 4.78 is 5.30. The van der Waals surface area contributed by atoms with Crippen molar-refractivity contribution in [1.29, 1.82) is 0 Å². The quantitative estimate of drug-likeness (QED) is 0.937. The Balaban J connectivity index is 1.84. The van der Waals surface area contributed by atoms with Gasteiger partial charge >= 0.3 is 0 Å². The summed E-state index contributed by atoms with van der Waals surface area (Å²) in [4.78, 5) is 6.85. The van der Waals surface area contributed by atoms with Gasteiger partial charge in [0.25, 0.3) is 0 Å². The van der Waals surface area contributed by atoms with Gasteiger partial charge in [0, 0.05) is 31.2 Å². The fraction of sp³-hybridized carbons (Fsp3) is 0.471. The summed E-state index contributed by atoms with van der Waals surface area (Å²) in [6, 6.07) is 8.77. The standard InChI is InChI=1S/C17H23N3O/c1-20(12-14-5-3-4-9-18-14)17-16-7-6-15(21-2)11-13(16)8-10-19-17/h6-8,10-11,14,18H,3-5,9,12H2,1-2H3. The van der Waals surface area contributed by atoms with Crippen LogP contribution in [0.2, 0.25) is 0 Å². The van der Waals surface area contributed by atoms with Gasteiger partial charge in [-0.1, -0.05) is 6.42 Å². The van der Waals surface area contributed by atoms with Gasteiger partial charge in [0.05, 0.1) is 7.11 Å². The van der Waals surface area contributed by atoms with Gasteiger partial charge in [0.1, 0.15) is 11.6 Å². The first-order valence-electron chi connectivity index (χ1n) is 7.65. The van der Waals surface area contributed by atoms with Gasteiger partial charge in [-0.15, -0.1) is 0 Å². The lowest BCUT2D eigenvalue weighted by Gasteiger charge is -2.29. The second-order valence-electron chi connectivity index (χ2n) is 5.75. The van der Waals surface area contributed by atoms with Crippen LogP contribution in [0.4, 0.5) is 5.82 Å². The van der Waals surface area contributed by atoms with E-state index in [9.17, 15) is 0 Å². The molecule has 1 aliphatic rings. The van der Waals surface area contributed by atoms with Crippen LogP contribution in [-0.2, 0) is 0 Å². The number of anilines is 1. The summed E-state index contributed by atoms with van der Waals surface area (Å²) in [6.45, 7) is 2.14. The highest BCUT2D eigenvalue weighted by atomic mass is 16.5. The highest BCUT2D eigenvalue weighted by Crippen LogP contribution is 2.27. The number of rotatable bonds is 4. The number of aromatic nitrogens is 1. The highest BCUT2D eigenvalue weighted by Gasteiger charge is 2.16. The number of hydrogen-bond donors (Lipinski definition) is 1. The number of ether oxygens (including phenoxy) is 1. The van der Waals surface area contributed by atoms with E-state index in [2.05, 4.69) is 34.4 Å². The van der Waals surface area contributed by atoms with Crippen LogP contribution in [0.15, 0.2) is 30.5 Å². The molecule has 3 rings (SSSR count). The number of piperidine rings is 1. The molecule has 21 heavy (non-hydrogen) atoms. The molecule has 1 aromatic carbocycles. The predicted molar refractivity (Wildman–Crippen MR) is 87.2 cm³/mol. The van der Waals surface area contributed by atoms with Crippen molar-refractivity contribution < 1.29 is 4.74 Å². The predicted octanol–water partition coefficient (Wildman–Crippen LogP) is 2.82. The van der Waals surface area contributed by atoms with E-state index in [0.29, 0.717) is 6.04 Å². The highest BCUT2D eigenvalue weighted by molar-refractivity contribution is 5.93. The Hall–Kier alpha value is -1.81. The third kappa shape index (κ3) is 3.10. The number of nitrogens with one attached hydrogen (secondary N) is 1. The molecule has 4 nitrogen and oxygen atoms in total. The molecular weight excluding hydrogens is 262 g/mol. The van der Waals surface area contributed by atoms with Crippen LogP contribution >= 0.6 is 0 Å². The van der Waals surface area contributed by atoms with Crippen molar-refractivity contribution in [3.63, 3.8) is 0 Å². The first-order valence-corrected chi connectivity index (χ1v) is 7.65. The second-order valence-corrected chi connectivity index (χ2v) is 5.75. The topological polar surface area (TPSA) is 37.4 Å². The van der Waals surface area contributed by atoms with Gasteiger partial charge in [0.15, 0.2) is 0 Å². The summed E-state index contributed by atoms with van der Waals surface area (Å²) >= 11 is 0. The normalized spacial score (nSPS) is 18.7. The number of pyridine rings is 1. The van der Waals surface area contributed by atoms with E-state index in [0.717, 1.165) is 24.7 Å². The van der Waals surface area contributed by atoms with Crippen molar-refractivity contribution in [1.82, 2.24) is 10.3 Å². The van der Waals surface area contributed by atoms with Gasteiger partial charge in [-0.05, 0) is 49.0 Å². The fourth-order valence-corrected chi connectivity index (χ4v) is 3.07. The number of nitrogens with zero attached hydrogens (tertiary/aromatic N) is 2. The maximum absolute atomic E-state index is 5.30. The van der Waals surface area contributed by atoms with E-state index >= 15 is 0 Å². The van der Waals surface area contributed by atoms with Crippen LogP contribution in [0.25, 0.3) is 10.8 Å². The van der Waals surface area contributed by atoms with E-state index < -0.39 is 0 Å². The largest absolute Gasteiger partial charge is 0.497 e. The molecule has 0 spiro atoms. The van der Waals surface area contributed by atoms with Crippen molar-refractivity contribution in [3.05, 3.63) is 30.5 Å². The Bertz CT molecular complexity index is 608. The van der Waals surface area contributed by atoms with Gasteiger partial charge in [-0.25, -0.2) is 4.98 Å². The van der Waals surface area contributed by atoms with E-state index in [4.69, 9.17) is 4.74 Å². The van der Waals surface area contributed by atoms with Gasteiger partial charge in [-0.2, -0.15) is 0 Å². The van der Waals surface area contributed by atoms with Crippen molar-refractivity contribution in [3.8, 4) is 5.75 Å². The molecule has 4 heteroatoms. The number of benzene rings is 1. The van der Waals surface area contributed by atoms with Crippen LogP contribution in [-0.4, -0.2) is 38.3 Å². The molecule has 1 N–H and O–H groups in total. The molecule has 2 heterocycles. The van der Waals surface area contributed by atoms with Gasteiger partial charge in [-0.3, -0.25) is 0 Å². The number of hydrogen-bond acceptors (Lipinski definition) is 4. The number of methoxy groups -OCH3 is 1. The third-order valence-corrected chi connectivity index (χ3v) is 4.22. The molecule has 1 saturated heterocycles. The van der Waals surface area contributed by atoms with Crippen LogP contribution in [0.1, 0.15) is 19.3 Å². The zero-order valence-electron chi connectivity index (χ0n) is 12.8. The summed E-state index contributed by atoms with van der Waals surface area (Å²) in [7, 11) is 3.83. The Labute approximate surface area is 126 Å². The van der Waals surface area contributed by atoms with Crippen molar-refractivity contribution in [2.45, 2.75) is 25.3 Å². The Morgan fingerprint density at radius 2 is 2.24 bits per heavy atom. The minimum absolute atomic E-state index is 0.569. The molecule has 1 aromatic heterocycles. The third-order valence-electron chi connectivity index (χ3n) is 4.22. The van der Waals surface area contributed by atoms with Crippen LogP contribution in [0.5, 0.6) is 5.75 Å². The lowest BCUT2D eigenvalue weighted by atomic mass is 10.0.